The van der Waals surface area contributed by atoms with Crippen molar-refractivity contribution in [3.05, 3.63) is 29.8 Å². The average molecular weight is 449 g/mol. The first-order valence-corrected chi connectivity index (χ1v) is 12.9. The Hall–Kier alpha value is -1.19. The van der Waals surface area contributed by atoms with Gasteiger partial charge in [-0.05, 0) is 109 Å². The van der Waals surface area contributed by atoms with E-state index in [1.807, 2.05) is 0 Å². The van der Waals surface area contributed by atoms with E-state index in [1.54, 1.807) is 0 Å². The van der Waals surface area contributed by atoms with E-state index in [1.165, 1.54) is 50.7 Å². The number of halogens is 3. The van der Waals surface area contributed by atoms with Gasteiger partial charge in [-0.25, -0.2) is 0 Å². The molecule has 0 amide bonds. The van der Waals surface area contributed by atoms with Gasteiger partial charge in [-0.3, -0.25) is 0 Å². The molecule has 4 aliphatic rings. The van der Waals surface area contributed by atoms with Crippen molar-refractivity contribution in [3.8, 4) is 5.75 Å². The van der Waals surface area contributed by atoms with Crippen LogP contribution in [0.25, 0.3) is 0 Å². The smallest absolute Gasteiger partial charge is 0.416 e. The van der Waals surface area contributed by atoms with Crippen LogP contribution in [0.2, 0.25) is 0 Å². The predicted octanol–water partition coefficient (Wildman–Crippen LogP) is 8.38. The van der Waals surface area contributed by atoms with Crippen LogP contribution in [0.3, 0.4) is 0 Å². The highest BCUT2D eigenvalue weighted by atomic mass is 19.4. The summed E-state index contributed by atoms with van der Waals surface area (Å²) in [7, 11) is 0. The molecule has 0 saturated heterocycles. The SMILES string of the molecule is CC1CCC[C@@]2(C)[C@H]1C[C@H](C)[C@H]1[C@@H]3C[C@H](Oc4ccc(C(F)(F)F)cc4)C[C@@]3(C)CC[C@@H]12. The van der Waals surface area contributed by atoms with Gasteiger partial charge in [0.2, 0.25) is 0 Å². The Labute approximate surface area is 191 Å². The molecule has 0 aliphatic heterocycles. The molecule has 1 unspecified atom stereocenters. The number of alkyl halides is 3. The van der Waals surface area contributed by atoms with Gasteiger partial charge in [-0.1, -0.05) is 40.5 Å². The lowest BCUT2D eigenvalue weighted by atomic mass is 9.42. The molecule has 1 aromatic carbocycles. The first kappa shape index (κ1) is 22.6. The van der Waals surface area contributed by atoms with Gasteiger partial charge < -0.3 is 4.74 Å². The van der Waals surface area contributed by atoms with Crippen molar-refractivity contribution in [1.29, 1.82) is 0 Å². The van der Waals surface area contributed by atoms with E-state index in [9.17, 15) is 13.2 Å². The van der Waals surface area contributed by atoms with Gasteiger partial charge in [-0.2, -0.15) is 13.2 Å². The summed E-state index contributed by atoms with van der Waals surface area (Å²) in [5.74, 6) is 5.32. The van der Waals surface area contributed by atoms with Crippen LogP contribution < -0.4 is 4.74 Å². The highest BCUT2D eigenvalue weighted by Crippen LogP contribution is 2.68. The average Bonchev–Trinajstić information content (AvgIpc) is 3.05. The molecule has 32 heavy (non-hydrogen) atoms. The van der Waals surface area contributed by atoms with Crippen LogP contribution in [0.15, 0.2) is 24.3 Å². The second kappa shape index (κ2) is 7.67. The van der Waals surface area contributed by atoms with Crippen LogP contribution in [0, 0.1) is 46.3 Å². The molecular weight excluding hydrogens is 409 g/mol. The highest BCUT2D eigenvalue weighted by molar-refractivity contribution is 5.29. The van der Waals surface area contributed by atoms with E-state index in [4.69, 9.17) is 4.74 Å². The van der Waals surface area contributed by atoms with Crippen molar-refractivity contribution >= 4 is 0 Å². The third-order valence-electron chi connectivity index (χ3n) is 10.6. The van der Waals surface area contributed by atoms with Gasteiger partial charge in [0, 0.05) is 0 Å². The number of benzene rings is 1. The maximum atomic E-state index is 12.9. The predicted molar refractivity (Wildman–Crippen MR) is 121 cm³/mol. The fourth-order valence-electron chi connectivity index (χ4n) is 9.12. The molecule has 4 heteroatoms. The van der Waals surface area contributed by atoms with Gasteiger partial charge in [0.25, 0.3) is 0 Å². The zero-order valence-electron chi connectivity index (χ0n) is 20.0. The molecule has 0 N–H and O–H groups in total. The van der Waals surface area contributed by atoms with E-state index in [0.717, 1.165) is 54.6 Å². The van der Waals surface area contributed by atoms with E-state index < -0.39 is 11.7 Å². The minimum absolute atomic E-state index is 0.114. The number of hydrogen-bond donors (Lipinski definition) is 0. The fourth-order valence-corrected chi connectivity index (χ4v) is 9.12. The molecule has 0 heterocycles. The Morgan fingerprint density at radius 3 is 2.28 bits per heavy atom. The zero-order chi connectivity index (χ0) is 22.9. The van der Waals surface area contributed by atoms with E-state index in [0.29, 0.717) is 22.5 Å². The van der Waals surface area contributed by atoms with Gasteiger partial charge in [-0.15, -0.1) is 0 Å². The lowest BCUT2D eigenvalue weighted by Gasteiger charge is -2.63. The number of hydrogen-bond acceptors (Lipinski definition) is 1. The van der Waals surface area contributed by atoms with Crippen LogP contribution in [0.4, 0.5) is 13.2 Å². The second-order valence-corrected chi connectivity index (χ2v) is 12.4. The highest BCUT2D eigenvalue weighted by Gasteiger charge is 2.61. The van der Waals surface area contributed by atoms with Crippen molar-refractivity contribution in [3.63, 3.8) is 0 Å². The summed E-state index contributed by atoms with van der Waals surface area (Å²) in [5, 5.41) is 0. The summed E-state index contributed by atoms with van der Waals surface area (Å²) < 4.78 is 45.0. The quantitative estimate of drug-likeness (QED) is 0.441. The third kappa shape index (κ3) is 3.59. The molecule has 5 rings (SSSR count). The lowest BCUT2D eigenvalue weighted by molar-refractivity contribution is -0.141. The molecule has 1 nitrogen and oxygen atoms in total. The maximum absolute atomic E-state index is 12.9. The summed E-state index contributed by atoms with van der Waals surface area (Å²) >= 11 is 0. The fraction of sp³-hybridized carbons (Fsp3) is 0.786. The van der Waals surface area contributed by atoms with Crippen molar-refractivity contribution in [2.45, 2.75) is 91.3 Å². The largest absolute Gasteiger partial charge is 0.490 e. The topological polar surface area (TPSA) is 9.23 Å². The Kier molecular flexibility index (Phi) is 5.41. The molecule has 0 bridgehead atoms. The summed E-state index contributed by atoms with van der Waals surface area (Å²) in [5.41, 5.74) is 0.179. The minimum atomic E-state index is -4.30. The lowest BCUT2D eigenvalue weighted by Crippen LogP contribution is -2.56. The number of ether oxygens (including phenoxy) is 1. The molecule has 4 saturated carbocycles. The Bertz CT molecular complexity index is 832. The summed E-state index contributed by atoms with van der Waals surface area (Å²) in [6, 6.07) is 5.27. The van der Waals surface area contributed by atoms with E-state index in [-0.39, 0.29) is 6.10 Å². The van der Waals surface area contributed by atoms with Gasteiger partial charge in [0.05, 0.1) is 11.7 Å². The van der Waals surface area contributed by atoms with E-state index in [2.05, 4.69) is 27.7 Å². The molecule has 1 aromatic rings. The van der Waals surface area contributed by atoms with Crippen LogP contribution in [0.1, 0.15) is 84.6 Å². The van der Waals surface area contributed by atoms with E-state index >= 15 is 0 Å². The molecule has 178 valence electrons. The molecular formula is C28H39F3O. The number of fused-ring (bicyclic) bond motifs is 5. The summed E-state index contributed by atoms with van der Waals surface area (Å²) in [4.78, 5) is 0. The first-order chi connectivity index (χ1) is 15.0. The van der Waals surface area contributed by atoms with Gasteiger partial charge >= 0.3 is 6.18 Å². The second-order valence-electron chi connectivity index (χ2n) is 12.4. The van der Waals surface area contributed by atoms with Crippen LogP contribution >= 0.6 is 0 Å². The molecule has 0 spiro atoms. The van der Waals surface area contributed by atoms with Crippen LogP contribution in [-0.4, -0.2) is 6.10 Å². The molecule has 0 radical (unpaired) electrons. The van der Waals surface area contributed by atoms with Crippen LogP contribution in [0.5, 0.6) is 5.75 Å². The Morgan fingerprint density at radius 2 is 1.59 bits per heavy atom. The Balaban J connectivity index is 1.34. The number of rotatable bonds is 2. The Morgan fingerprint density at radius 1 is 0.875 bits per heavy atom. The zero-order valence-corrected chi connectivity index (χ0v) is 20.0. The van der Waals surface area contributed by atoms with Crippen LogP contribution in [-0.2, 0) is 6.18 Å². The normalized spacial score (nSPS) is 46.2. The monoisotopic (exact) mass is 448 g/mol. The molecule has 0 aromatic heterocycles. The molecule has 9 atom stereocenters. The minimum Gasteiger partial charge on any atom is -0.490 e. The van der Waals surface area contributed by atoms with Crippen molar-refractivity contribution in [1.82, 2.24) is 0 Å². The maximum Gasteiger partial charge on any atom is 0.416 e. The molecule has 4 aliphatic carbocycles. The van der Waals surface area contributed by atoms with Gasteiger partial charge in [0.15, 0.2) is 0 Å². The van der Waals surface area contributed by atoms with Crippen molar-refractivity contribution < 1.29 is 17.9 Å². The summed E-state index contributed by atoms with van der Waals surface area (Å²) in [6.07, 6.45) is 6.06. The van der Waals surface area contributed by atoms with Crippen molar-refractivity contribution in [2.24, 2.45) is 46.3 Å². The first-order valence-electron chi connectivity index (χ1n) is 12.9. The standard InChI is InChI=1S/C28H39F3O/c1-17-6-5-12-27(4)22-11-13-26(3)16-21(15-24(26)25(22)18(2)14-23(17)27)32-20-9-7-19(8-10-20)28(29,30)31/h7-10,17-18,21-25H,5-6,11-16H2,1-4H3/t17?,18-,21-,22-,23-,24-,25+,26+,27+/m0/s1. The van der Waals surface area contributed by atoms with Crippen molar-refractivity contribution in [2.75, 3.05) is 0 Å². The summed E-state index contributed by atoms with van der Waals surface area (Å²) in [6.45, 7) is 10.1. The molecule has 4 fully saturated rings. The van der Waals surface area contributed by atoms with Gasteiger partial charge in [0.1, 0.15) is 5.75 Å². The third-order valence-corrected chi connectivity index (χ3v) is 10.6.